The first-order valence-corrected chi connectivity index (χ1v) is 9.08. The molecule has 0 aliphatic heterocycles. The summed E-state index contributed by atoms with van der Waals surface area (Å²) in [7, 11) is 0. The molecule has 0 aliphatic carbocycles. The third-order valence-electron chi connectivity index (χ3n) is 2.60. The molecule has 2 aromatic rings. The van der Waals surface area contributed by atoms with Gasteiger partial charge in [-0.15, -0.1) is 10.2 Å². The number of hydrogen-bond donors (Lipinski definition) is 2. The highest BCUT2D eigenvalue weighted by atomic mass is 35.5. The highest BCUT2D eigenvalue weighted by Gasteiger charge is 2.19. The fourth-order valence-electron chi connectivity index (χ4n) is 1.51. The lowest BCUT2D eigenvalue weighted by atomic mass is 10.3. The average molecular weight is 407 g/mol. The zero-order valence-electron chi connectivity index (χ0n) is 12.3. The summed E-state index contributed by atoms with van der Waals surface area (Å²) in [4.78, 5) is 23.8. The summed E-state index contributed by atoms with van der Waals surface area (Å²) in [5.41, 5.74) is 5.83. The van der Waals surface area contributed by atoms with E-state index in [2.05, 4.69) is 15.5 Å². The van der Waals surface area contributed by atoms with E-state index in [1.165, 1.54) is 24.3 Å². The van der Waals surface area contributed by atoms with Crippen molar-refractivity contribution in [3.8, 4) is 0 Å². The van der Waals surface area contributed by atoms with Crippen molar-refractivity contribution in [2.45, 2.75) is 17.4 Å². The maximum atomic E-state index is 12.0. The molecule has 3 N–H and O–H groups in total. The second-order valence-electron chi connectivity index (χ2n) is 4.44. The van der Waals surface area contributed by atoms with Crippen LogP contribution in [0.25, 0.3) is 0 Å². The van der Waals surface area contributed by atoms with Crippen LogP contribution in [0.3, 0.4) is 0 Å². The van der Waals surface area contributed by atoms with Gasteiger partial charge in [0.05, 0.1) is 16.5 Å². The molecule has 0 fully saturated rings. The fourth-order valence-corrected chi connectivity index (χ4v) is 3.38. The standard InChI is InChI=1S/C13H12Cl2N4O3S2/c1-6(11(21)17-9-3-2-7(14)4-8(9)15)22-10(20)5-23-13-19-18-12(16)24-13/h2-4,6H,5H2,1H3,(H2,16,18)(H,17,21). The van der Waals surface area contributed by atoms with E-state index in [0.717, 1.165) is 11.8 Å². The molecule has 0 aliphatic rings. The largest absolute Gasteiger partial charge is 0.452 e. The van der Waals surface area contributed by atoms with Crippen LogP contribution in [-0.2, 0) is 14.3 Å². The number of nitrogens with one attached hydrogen (secondary N) is 1. The number of hydrogen-bond acceptors (Lipinski definition) is 8. The molecule has 1 aromatic heterocycles. The molecule has 1 amide bonds. The summed E-state index contributed by atoms with van der Waals surface area (Å²) in [6.07, 6.45) is -0.982. The third kappa shape index (κ3) is 5.52. The number of nitrogen functional groups attached to an aromatic ring is 1. The van der Waals surface area contributed by atoms with Gasteiger partial charge < -0.3 is 15.8 Å². The Kier molecular flexibility index (Phi) is 6.67. The van der Waals surface area contributed by atoms with Crippen LogP contribution in [-0.4, -0.2) is 33.9 Å². The summed E-state index contributed by atoms with van der Waals surface area (Å²) >= 11 is 14.1. The van der Waals surface area contributed by atoms with Crippen molar-refractivity contribution >= 4 is 69.0 Å². The minimum absolute atomic E-state index is 0.00600. The molecule has 7 nitrogen and oxygen atoms in total. The van der Waals surface area contributed by atoms with Gasteiger partial charge in [0, 0.05) is 5.02 Å². The Hall–Kier alpha value is -1.55. The first-order chi connectivity index (χ1) is 11.3. The Balaban J connectivity index is 1.83. The van der Waals surface area contributed by atoms with Crippen LogP contribution in [0.4, 0.5) is 10.8 Å². The van der Waals surface area contributed by atoms with Gasteiger partial charge in [-0.05, 0) is 25.1 Å². The molecule has 1 unspecified atom stereocenters. The molecule has 1 heterocycles. The Labute approximate surface area is 155 Å². The van der Waals surface area contributed by atoms with E-state index in [1.807, 2.05) is 0 Å². The van der Waals surface area contributed by atoms with E-state index in [4.69, 9.17) is 33.7 Å². The first-order valence-electron chi connectivity index (χ1n) is 6.52. The minimum atomic E-state index is -0.982. The number of anilines is 2. The van der Waals surface area contributed by atoms with Crippen LogP contribution in [0.1, 0.15) is 6.92 Å². The Morgan fingerprint density at radius 3 is 2.79 bits per heavy atom. The number of carbonyl (C=O) groups is 2. The van der Waals surface area contributed by atoms with Crippen molar-refractivity contribution in [3.05, 3.63) is 28.2 Å². The molecule has 0 spiro atoms. The molecule has 0 saturated carbocycles. The second-order valence-corrected chi connectivity index (χ2v) is 7.52. The third-order valence-corrected chi connectivity index (χ3v) is 5.01. The van der Waals surface area contributed by atoms with Gasteiger partial charge in [0.25, 0.3) is 5.91 Å². The average Bonchev–Trinajstić information content (AvgIpc) is 2.93. The molecule has 24 heavy (non-hydrogen) atoms. The maximum absolute atomic E-state index is 12.0. The van der Waals surface area contributed by atoms with Crippen LogP contribution in [0.15, 0.2) is 22.5 Å². The number of rotatable bonds is 6. The van der Waals surface area contributed by atoms with Crippen LogP contribution in [0.5, 0.6) is 0 Å². The van der Waals surface area contributed by atoms with Crippen LogP contribution in [0.2, 0.25) is 10.0 Å². The molecule has 0 saturated heterocycles. The number of ether oxygens (including phenoxy) is 1. The summed E-state index contributed by atoms with van der Waals surface area (Å²) < 4.78 is 5.61. The lowest BCUT2D eigenvalue weighted by Crippen LogP contribution is -2.30. The smallest absolute Gasteiger partial charge is 0.317 e. The summed E-state index contributed by atoms with van der Waals surface area (Å²) in [6.45, 7) is 1.46. The highest BCUT2D eigenvalue weighted by molar-refractivity contribution is 8.01. The van der Waals surface area contributed by atoms with Crippen molar-refractivity contribution in [1.29, 1.82) is 0 Å². The number of benzene rings is 1. The number of carbonyl (C=O) groups excluding carboxylic acids is 2. The van der Waals surface area contributed by atoms with E-state index in [-0.39, 0.29) is 5.75 Å². The lowest BCUT2D eigenvalue weighted by molar-refractivity contribution is -0.150. The molecular weight excluding hydrogens is 395 g/mol. The number of aromatic nitrogens is 2. The SMILES string of the molecule is CC(OC(=O)CSc1nnc(N)s1)C(=O)Nc1ccc(Cl)cc1Cl. The molecule has 1 aromatic carbocycles. The van der Waals surface area contributed by atoms with E-state index in [1.54, 1.807) is 12.1 Å². The maximum Gasteiger partial charge on any atom is 0.317 e. The van der Waals surface area contributed by atoms with Crippen molar-refractivity contribution in [1.82, 2.24) is 10.2 Å². The van der Waals surface area contributed by atoms with Crippen LogP contribution >= 0.6 is 46.3 Å². The van der Waals surface area contributed by atoms with Gasteiger partial charge in [0.15, 0.2) is 10.4 Å². The molecule has 11 heteroatoms. The summed E-state index contributed by atoms with van der Waals surface area (Å²) in [6, 6.07) is 4.65. The van der Waals surface area contributed by atoms with Gasteiger partial charge >= 0.3 is 5.97 Å². The number of thioether (sulfide) groups is 1. The predicted molar refractivity (Wildman–Crippen MR) is 95.7 cm³/mol. The van der Waals surface area contributed by atoms with E-state index in [0.29, 0.717) is 25.2 Å². The number of nitrogens with zero attached hydrogens (tertiary/aromatic N) is 2. The van der Waals surface area contributed by atoms with E-state index in [9.17, 15) is 9.59 Å². The lowest BCUT2D eigenvalue weighted by Gasteiger charge is -2.14. The van der Waals surface area contributed by atoms with Gasteiger partial charge in [-0.2, -0.15) is 0 Å². The van der Waals surface area contributed by atoms with Crippen LogP contribution < -0.4 is 11.1 Å². The summed E-state index contributed by atoms with van der Waals surface area (Å²) in [5.74, 6) is -1.06. The molecule has 0 radical (unpaired) electrons. The van der Waals surface area contributed by atoms with E-state index < -0.39 is 18.0 Å². The zero-order valence-corrected chi connectivity index (χ0v) is 15.4. The van der Waals surface area contributed by atoms with Gasteiger partial charge in [0.1, 0.15) is 0 Å². The van der Waals surface area contributed by atoms with Crippen molar-refractivity contribution in [2.75, 3.05) is 16.8 Å². The number of halogens is 2. The van der Waals surface area contributed by atoms with Gasteiger partial charge in [-0.25, -0.2) is 0 Å². The molecule has 2 rings (SSSR count). The van der Waals surface area contributed by atoms with E-state index >= 15 is 0 Å². The quantitative estimate of drug-likeness (QED) is 0.560. The monoisotopic (exact) mass is 406 g/mol. The molecule has 128 valence electrons. The van der Waals surface area contributed by atoms with Gasteiger partial charge in [0.2, 0.25) is 5.13 Å². The second kappa shape index (κ2) is 8.52. The van der Waals surface area contributed by atoms with Crippen LogP contribution in [0, 0.1) is 0 Å². The first kappa shape index (κ1) is 18.8. The van der Waals surface area contributed by atoms with Crippen molar-refractivity contribution in [2.24, 2.45) is 0 Å². The zero-order chi connectivity index (χ0) is 17.7. The Morgan fingerprint density at radius 2 is 2.17 bits per heavy atom. The highest BCUT2D eigenvalue weighted by Crippen LogP contribution is 2.26. The molecule has 1 atom stereocenters. The van der Waals surface area contributed by atoms with Gasteiger partial charge in [-0.1, -0.05) is 46.3 Å². The number of nitrogens with two attached hydrogens (primary N) is 1. The van der Waals surface area contributed by atoms with Crippen molar-refractivity contribution < 1.29 is 14.3 Å². The molecular formula is C13H12Cl2N4O3S2. The Morgan fingerprint density at radius 1 is 1.42 bits per heavy atom. The fraction of sp³-hybridized carbons (Fsp3) is 0.231. The Bertz CT molecular complexity index is 757. The van der Waals surface area contributed by atoms with Crippen molar-refractivity contribution in [3.63, 3.8) is 0 Å². The minimum Gasteiger partial charge on any atom is -0.452 e. The number of amides is 1. The topological polar surface area (TPSA) is 107 Å². The normalized spacial score (nSPS) is 11.8. The number of esters is 1. The molecule has 0 bridgehead atoms. The van der Waals surface area contributed by atoms with Gasteiger partial charge in [-0.3, -0.25) is 9.59 Å². The summed E-state index contributed by atoms with van der Waals surface area (Å²) in [5, 5.41) is 11.0. The predicted octanol–water partition coefficient (Wildman–Crippen LogP) is 3.09.